The summed E-state index contributed by atoms with van der Waals surface area (Å²) in [5, 5.41) is 0. The summed E-state index contributed by atoms with van der Waals surface area (Å²) in [5.41, 5.74) is 0.286. The molecule has 0 aromatic heterocycles. The molecular formula is C23H37F3O3. The van der Waals surface area contributed by atoms with Gasteiger partial charge in [-0.2, -0.15) is 13.2 Å². The molecule has 0 amide bonds. The molecule has 1 aromatic carbocycles. The van der Waals surface area contributed by atoms with Crippen molar-refractivity contribution in [2.45, 2.75) is 83.3 Å². The third-order valence-electron chi connectivity index (χ3n) is 5.56. The number of hydrogen-bond donors (Lipinski definition) is 0. The summed E-state index contributed by atoms with van der Waals surface area (Å²) in [6.45, 7) is 2.21. The van der Waals surface area contributed by atoms with Crippen molar-refractivity contribution in [2.24, 2.45) is 5.92 Å². The van der Waals surface area contributed by atoms with Crippen molar-refractivity contribution in [3.8, 4) is 0 Å². The zero-order valence-corrected chi connectivity index (χ0v) is 18.3. The van der Waals surface area contributed by atoms with Crippen LogP contribution in [0.15, 0.2) is 24.3 Å². The van der Waals surface area contributed by atoms with Crippen LogP contribution in [0, 0.1) is 5.92 Å². The van der Waals surface area contributed by atoms with E-state index in [4.69, 9.17) is 14.2 Å². The lowest BCUT2D eigenvalue weighted by molar-refractivity contribution is -0.380. The first-order valence-corrected chi connectivity index (χ1v) is 10.6. The maximum absolute atomic E-state index is 12.7. The first-order chi connectivity index (χ1) is 13.8. The van der Waals surface area contributed by atoms with Crippen molar-refractivity contribution in [3.63, 3.8) is 0 Å². The van der Waals surface area contributed by atoms with Gasteiger partial charge in [0.1, 0.15) is 0 Å². The lowest BCUT2D eigenvalue weighted by atomic mass is 9.91. The molecule has 168 valence electrons. The maximum atomic E-state index is 12.7. The van der Waals surface area contributed by atoms with E-state index < -0.39 is 17.7 Å². The Morgan fingerprint density at radius 2 is 1.28 bits per heavy atom. The zero-order valence-electron chi connectivity index (χ0n) is 18.3. The molecule has 0 aliphatic carbocycles. The summed E-state index contributed by atoms with van der Waals surface area (Å²) in [6.07, 6.45) is 6.21. The van der Waals surface area contributed by atoms with Gasteiger partial charge in [0.2, 0.25) is 0 Å². The fraction of sp³-hybridized carbons (Fsp3) is 0.739. The van der Waals surface area contributed by atoms with Crippen LogP contribution in [0.1, 0.15) is 75.8 Å². The molecule has 0 aliphatic rings. The quantitative estimate of drug-likeness (QED) is 0.227. The number of methoxy groups -OCH3 is 3. The standard InChI is InChI=1S/C23H37F3O3/c1-5-6-7-8-9-10-13-21(23(27-2,28-3)29-4)14-11-12-19-15-17-20(18-16-19)22(24,25)26/h15-18,21H,5-14H2,1-4H3. The minimum Gasteiger partial charge on any atom is -0.331 e. The SMILES string of the molecule is CCCCCCCCC(CCCc1ccc(C(F)(F)F)cc1)C(OC)(OC)OC. The van der Waals surface area contributed by atoms with Gasteiger partial charge >= 0.3 is 6.18 Å². The van der Waals surface area contributed by atoms with Crippen molar-refractivity contribution >= 4 is 0 Å². The highest BCUT2D eigenvalue weighted by molar-refractivity contribution is 5.24. The number of alkyl halides is 3. The molecule has 1 unspecified atom stereocenters. The van der Waals surface area contributed by atoms with Crippen LogP contribution in [0.2, 0.25) is 0 Å². The molecule has 0 spiro atoms. The molecule has 0 radical (unpaired) electrons. The predicted molar refractivity (Wildman–Crippen MR) is 110 cm³/mol. The molecule has 1 atom stereocenters. The first-order valence-electron chi connectivity index (χ1n) is 10.6. The second kappa shape index (κ2) is 13.2. The summed E-state index contributed by atoms with van der Waals surface area (Å²) in [7, 11) is 4.74. The molecular weight excluding hydrogens is 381 g/mol. The van der Waals surface area contributed by atoms with Gasteiger partial charge in [-0.25, -0.2) is 0 Å². The van der Waals surface area contributed by atoms with Gasteiger partial charge in [0.05, 0.1) is 5.56 Å². The van der Waals surface area contributed by atoms with Crippen LogP contribution in [0.4, 0.5) is 13.2 Å². The Balaban J connectivity index is 2.61. The van der Waals surface area contributed by atoms with E-state index >= 15 is 0 Å². The maximum Gasteiger partial charge on any atom is 0.416 e. The van der Waals surface area contributed by atoms with Crippen molar-refractivity contribution in [3.05, 3.63) is 35.4 Å². The van der Waals surface area contributed by atoms with E-state index in [-0.39, 0.29) is 5.92 Å². The van der Waals surface area contributed by atoms with Gasteiger partial charge in [-0.3, -0.25) is 0 Å². The number of rotatable bonds is 15. The first kappa shape index (κ1) is 25.9. The van der Waals surface area contributed by atoms with Gasteiger partial charge < -0.3 is 14.2 Å². The second-order valence-corrected chi connectivity index (χ2v) is 7.56. The van der Waals surface area contributed by atoms with Gasteiger partial charge in [0.25, 0.3) is 5.97 Å². The van der Waals surface area contributed by atoms with Crippen molar-refractivity contribution in [1.82, 2.24) is 0 Å². The summed E-state index contributed by atoms with van der Waals surface area (Å²) in [6, 6.07) is 5.41. The van der Waals surface area contributed by atoms with Crippen molar-refractivity contribution < 1.29 is 27.4 Å². The minimum absolute atomic E-state index is 0.0584. The molecule has 0 heterocycles. The number of hydrogen-bond acceptors (Lipinski definition) is 3. The smallest absolute Gasteiger partial charge is 0.331 e. The van der Waals surface area contributed by atoms with Crippen molar-refractivity contribution in [2.75, 3.05) is 21.3 Å². The molecule has 0 aliphatic heterocycles. The third kappa shape index (κ3) is 8.65. The van der Waals surface area contributed by atoms with Crippen LogP contribution in [0.3, 0.4) is 0 Å². The Bertz CT molecular complexity index is 531. The van der Waals surface area contributed by atoms with E-state index in [2.05, 4.69) is 6.92 Å². The topological polar surface area (TPSA) is 27.7 Å². The molecule has 0 saturated carbocycles. The monoisotopic (exact) mass is 418 g/mol. The van der Waals surface area contributed by atoms with E-state index in [0.29, 0.717) is 6.42 Å². The van der Waals surface area contributed by atoms with Crippen LogP contribution in [0.25, 0.3) is 0 Å². The Labute approximate surface area is 173 Å². The lowest BCUT2D eigenvalue weighted by Gasteiger charge is -2.36. The molecule has 29 heavy (non-hydrogen) atoms. The normalized spacial score (nSPS) is 13.6. The van der Waals surface area contributed by atoms with E-state index in [9.17, 15) is 13.2 Å². The Morgan fingerprint density at radius 1 is 0.759 bits per heavy atom. The number of benzene rings is 1. The summed E-state index contributed by atoms with van der Waals surface area (Å²) in [5.74, 6) is -1.02. The van der Waals surface area contributed by atoms with Gasteiger partial charge in [0, 0.05) is 27.2 Å². The predicted octanol–water partition coefficient (Wildman–Crippen LogP) is 6.99. The average molecular weight is 419 g/mol. The Morgan fingerprint density at radius 3 is 1.79 bits per heavy atom. The molecule has 0 bridgehead atoms. The molecule has 0 N–H and O–H groups in total. The van der Waals surface area contributed by atoms with Crippen LogP contribution in [-0.4, -0.2) is 27.3 Å². The summed E-state index contributed by atoms with van der Waals surface area (Å²) >= 11 is 0. The van der Waals surface area contributed by atoms with E-state index in [1.807, 2.05) is 0 Å². The van der Waals surface area contributed by atoms with Crippen LogP contribution in [0.5, 0.6) is 0 Å². The van der Waals surface area contributed by atoms with Crippen LogP contribution in [-0.2, 0) is 26.8 Å². The third-order valence-corrected chi connectivity index (χ3v) is 5.56. The number of unbranched alkanes of at least 4 members (excludes halogenated alkanes) is 5. The Hall–Kier alpha value is -1.11. The molecule has 0 saturated heterocycles. The summed E-state index contributed by atoms with van der Waals surface area (Å²) in [4.78, 5) is 0. The number of aryl methyl sites for hydroxylation is 1. The molecule has 1 aromatic rings. The number of ether oxygens (including phenoxy) is 3. The average Bonchev–Trinajstić information content (AvgIpc) is 2.71. The highest BCUT2D eigenvalue weighted by Crippen LogP contribution is 2.33. The highest BCUT2D eigenvalue weighted by Gasteiger charge is 2.39. The summed E-state index contributed by atoms with van der Waals surface area (Å²) < 4.78 is 54.8. The molecule has 3 nitrogen and oxygen atoms in total. The van der Waals surface area contributed by atoms with Gasteiger partial charge in [-0.15, -0.1) is 0 Å². The van der Waals surface area contributed by atoms with E-state index in [1.165, 1.54) is 32.1 Å². The Kier molecular flexibility index (Phi) is 11.8. The van der Waals surface area contributed by atoms with Crippen LogP contribution < -0.4 is 0 Å². The second-order valence-electron chi connectivity index (χ2n) is 7.56. The van der Waals surface area contributed by atoms with E-state index in [0.717, 1.165) is 43.4 Å². The van der Waals surface area contributed by atoms with Gasteiger partial charge in [-0.05, 0) is 43.4 Å². The van der Waals surface area contributed by atoms with E-state index in [1.54, 1.807) is 33.5 Å². The fourth-order valence-corrected chi connectivity index (χ4v) is 3.83. The lowest BCUT2D eigenvalue weighted by Crippen LogP contribution is -2.44. The molecule has 1 rings (SSSR count). The van der Waals surface area contributed by atoms with Gasteiger partial charge in [-0.1, -0.05) is 57.6 Å². The highest BCUT2D eigenvalue weighted by atomic mass is 19.4. The van der Waals surface area contributed by atoms with Crippen molar-refractivity contribution in [1.29, 1.82) is 0 Å². The molecule has 6 heteroatoms. The van der Waals surface area contributed by atoms with Crippen LogP contribution >= 0.6 is 0 Å². The zero-order chi connectivity index (χ0) is 21.8. The fourth-order valence-electron chi connectivity index (χ4n) is 3.83. The van der Waals surface area contributed by atoms with Gasteiger partial charge in [0.15, 0.2) is 0 Å². The number of halogens is 3. The largest absolute Gasteiger partial charge is 0.416 e. The molecule has 0 fully saturated rings. The minimum atomic E-state index is -4.30.